The quantitative estimate of drug-likeness (QED) is 0.177. The minimum Gasteiger partial charge on any atom is -0.493 e. The molecule has 0 aliphatic heterocycles. The normalized spacial score (nSPS) is 12.1. The Balaban J connectivity index is 1.84. The molecule has 0 saturated carbocycles. The summed E-state index contributed by atoms with van der Waals surface area (Å²) in [4.78, 5) is 29.7. The fourth-order valence-corrected chi connectivity index (χ4v) is 6.72. The summed E-state index contributed by atoms with van der Waals surface area (Å²) in [6.45, 7) is 4.73. The van der Waals surface area contributed by atoms with Gasteiger partial charge in [0, 0.05) is 29.6 Å². The van der Waals surface area contributed by atoms with E-state index in [-0.39, 0.29) is 29.3 Å². The first-order chi connectivity index (χ1) is 22.7. The first kappa shape index (κ1) is 36.2. The molecule has 0 radical (unpaired) electrons. The highest BCUT2D eigenvalue weighted by molar-refractivity contribution is 7.92. The molecular formula is C36H39ClFN3O6S. The second-order valence-electron chi connectivity index (χ2n) is 12.1. The average Bonchev–Trinajstić information content (AvgIpc) is 3.04. The number of benzene rings is 4. The van der Waals surface area contributed by atoms with Crippen LogP contribution in [0.15, 0.2) is 102 Å². The molecule has 1 N–H and O–H groups in total. The molecular weight excluding hydrogens is 657 g/mol. The lowest BCUT2D eigenvalue weighted by atomic mass is 10.0. The summed E-state index contributed by atoms with van der Waals surface area (Å²) >= 11 is 6.30. The van der Waals surface area contributed by atoms with Crippen molar-refractivity contribution < 1.29 is 31.9 Å². The van der Waals surface area contributed by atoms with Crippen LogP contribution in [0.1, 0.15) is 31.9 Å². The van der Waals surface area contributed by atoms with Gasteiger partial charge in [0.1, 0.15) is 18.4 Å². The molecule has 4 aromatic rings. The minimum atomic E-state index is -4.46. The molecule has 0 spiro atoms. The van der Waals surface area contributed by atoms with Crippen molar-refractivity contribution in [1.29, 1.82) is 0 Å². The van der Waals surface area contributed by atoms with E-state index in [1.807, 2.05) is 51.1 Å². The molecule has 4 aromatic carbocycles. The van der Waals surface area contributed by atoms with Crippen LogP contribution in [0.2, 0.25) is 5.02 Å². The second-order valence-corrected chi connectivity index (χ2v) is 14.4. The number of halogens is 2. The highest BCUT2D eigenvalue weighted by Crippen LogP contribution is 2.32. The van der Waals surface area contributed by atoms with E-state index in [2.05, 4.69) is 5.32 Å². The number of nitrogens with one attached hydrogen (secondary N) is 1. The van der Waals surface area contributed by atoms with E-state index in [1.54, 1.807) is 24.3 Å². The first-order valence-corrected chi connectivity index (χ1v) is 16.9. The van der Waals surface area contributed by atoms with Crippen LogP contribution in [0, 0.1) is 5.82 Å². The summed E-state index contributed by atoms with van der Waals surface area (Å²) in [7, 11) is -1.66. The smallest absolute Gasteiger partial charge is 0.264 e. The molecule has 0 aliphatic rings. The second kappa shape index (κ2) is 15.5. The fourth-order valence-electron chi connectivity index (χ4n) is 5.08. The van der Waals surface area contributed by atoms with Crippen molar-refractivity contribution in [3.05, 3.63) is 119 Å². The molecule has 12 heteroatoms. The third-order valence-electron chi connectivity index (χ3n) is 7.35. The fraction of sp³-hybridized carbons (Fsp3) is 0.278. The molecule has 1 atom stereocenters. The molecule has 2 amide bonds. The zero-order valence-corrected chi connectivity index (χ0v) is 29.0. The predicted molar refractivity (Wildman–Crippen MR) is 184 cm³/mol. The summed E-state index contributed by atoms with van der Waals surface area (Å²) in [6.07, 6.45) is 0.147. The summed E-state index contributed by atoms with van der Waals surface area (Å²) in [5.41, 5.74) is 0.839. The van der Waals surface area contributed by atoms with E-state index in [9.17, 15) is 22.4 Å². The minimum absolute atomic E-state index is 0.0426. The van der Waals surface area contributed by atoms with Crippen LogP contribution in [0.5, 0.6) is 11.5 Å². The molecule has 48 heavy (non-hydrogen) atoms. The number of ether oxygens (including phenoxy) is 2. The molecule has 0 aliphatic carbocycles. The topological polar surface area (TPSA) is 105 Å². The number of carbonyl (C=O) groups is 2. The van der Waals surface area contributed by atoms with E-state index in [4.69, 9.17) is 21.1 Å². The van der Waals surface area contributed by atoms with Gasteiger partial charge in [0.15, 0.2) is 11.5 Å². The van der Waals surface area contributed by atoms with E-state index >= 15 is 0 Å². The van der Waals surface area contributed by atoms with Gasteiger partial charge in [-0.05, 0) is 80.4 Å². The molecule has 0 unspecified atom stereocenters. The molecule has 0 aromatic heterocycles. The van der Waals surface area contributed by atoms with Gasteiger partial charge in [-0.2, -0.15) is 0 Å². The summed E-state index contributed by atoms with van der Waals surface area (Å²) in [5, 5.41) is 3.42. The van der Waals surface area contributed by atoms with Crippen LogP contribution in [0.3, 0.4) is 0 Å². The number of anilines is 1. The van der Waals surface area contributed by atoms with Crippen molar-refractivity contribution in [2.24, 2.45) is 0 Å². The number of hydrogen-bond acceptors (Lipinski definition) is 6. The number of rotatable bonds is 13. The number of sulfonamides is 1. The Labute approximate surface area is 286 Å². The van der Waals surface area contributed by atoms with Crippen molar-refractivity contribution in [2.75, 3.05) is 25.1 Å². The van der Waals surface area contributed by atoms with Crippen LogP contribution < -0.4 is 19.1 Å². The Morgan fingerprint density at radius 2 is 1.50 bits per heavy atom. The van der Waals surface area contributed by atoms with Gasteiger partial charge in [0.05, 0.1) is 24.8 Å². The standard InChI is InChI=1S/C36H39ClFN3O6S/c1-36(2,3)39-35(43)31(21-25-10-7-6-8-11-25)40(23-26-12-9-13-27(37)20-26)34(42)24-41(29-16-14-28(38)15-17-29)48(44,45)30-18-19-32(46-4)33(22-30)47-5/h6-20,22,31H,21,23-24H2,1-5H3,(H,39,43)/t31-/m1/s1. The number of amides is 2. The largest absolute Gasteiger partial charge is 0.493 e. The van der Waals surface area contributed by atoms with E-state index in [0.29, 0.717) is 16.3 Å². The van der Waals surface area contributed by atoms with Crippen molar-refractivity contribution in [1.82, 2.24) is 10.2 Å². The van der Waals surface area contributed by atoms with Gasteiger partial charge in [0.25, 0.3) is 10.0 Å². The number of nitrogens with zero attached hydrogens (tertiary/aromatic N) is 2. The van der Waals surface area contributed by atoms with Crippen molar-refractivity contribution >= 4 is 39.1 Å². The average molecular weight is 696 g/mol. The molecule has 254 valence electrons. The Bertz CT molecular complexity index is 1830. The van der Waals surface area contributed by atoms with Gasteiger partial charge in [-0.1, -0.05) is 54.1 Å². The molecule has 0 bridgehead atoms. The van der Waals surface area contributed by atoms with E-state index in [1.165, 1.54) is 49.5 Å². The monoisotopic (exact) mass is 695 g/mol. The van der Waals surface area contributed by atoms with Gasteiger partial charge < -0.3 is 19.7 Å². The molecule has 0 fully saturated rings. The lowest BCUT2D eigenvalue weighted by Gasteiger charge is -2.35. The maximum atomic E-state index is 14.6. The van der Waals surface area contributed by atoms with Crippen molar-refractivity contribution in [2.45, 2.75) is 50.2 Å². The maximum absolute atomic E-state index is 14.6. The number of carbonyl (C=O) groups excluding carboxylic acids is 2. The van der Waals surface area contributed by atoms with Crippen molar-refractivity contribution in [3.63, 3.8) is 0 Å². The zero-order valence-electron chi connectivity index (χ0n) is 27.4. The van der Waals surface area contributed by atoms with Crippen LogP contribution in [-0.4, -0.2) is 57.5 Å². The van der Waals surface area contributed by atoms with Gasteiger partial charge in [-0.3, -0.25) is 13.9 Å². The lowest BCUT2D eigenvalue weighted by Crippen LogP contribution is -2.56. The van der Waals surface area contributed by atoms with Crippen molar-refractivity contribution in [3.8, 4) is 11.5 Å². The van der Waals surface area contributed by atoms with E-state index < -0.39 is 45.8 Å². The van der Waals surface area contributed by atoms with Crippen LogP contribution in [0.4, 0.5) is 10.1 Å². The zero-order chi connectivity index (χ0) is 35.1. The summed E-state index contributed by atoms with van der Waals surface area (Å²) < 4.78 is 54.1. The first-order valence-electron chi connectivity index (χ1n) is 15.1. The third kappa shape index (κ3) is 9.26. The van der Waals surface area contributed by atoms with E-state index in [0.717, 1.165) is 22.0 Å². The Hall–Kier alpha value is -4.61. The third-order valence-corrected chi connectivity index (χ3v) is 9.35. The predicted octanol–water partition coefficient (Wildman–Crippen LogP) is 6.25. The Kier molecular flexibility index (Phi) is 11.7. The number of methoxy groups -OCH3 is 2. The molecule has 0 heterocycles. The molecule has 9 nitrogen and oxygen atoms in total. The van der Waals surface area contributed by atoms with Gasteiger partial charge in [0.2, 0.25) is 11.8 Å². The Morgan fingerprint density at radius 3 is 2.10 bits per heavy atom. The molecule has 4 rings (SSSR count). The number of hydrogen-bond donors (Lipinski definition) is 1. The lowest BCUT2D eigenvalue weighted by molar-refractivity contribution is -0.140. The Morgan fingerprint density at radius 1 is 0.854 bits per heavy atom. The SMILES string of the molecule is COc1ccc(S(=O)(=O)N(CC(=O)N(Cc2cccc(Cl)c2)[C@H](Cc2ccccc2)C(=O)NC(C)(C)C)c2ccc(F)cc2)cc1OC. The van der Waals surface area contributed by atoms with Gasteiger partial charge >= 0.3 is 0 Å². The van der Waals surface area contributed by atoms with Gasteiger partial charge in [-0.25, -0.2) is 12.8 Å². The summed E-state index contributed by atoms with van der Waals surface area (Å²) in [6, 6.07) is 23.9. The summed E-state index contributed by atoms with van der Waals surface area (Å²) in [5.74, 6) is -1.21. The molecule has 0 saturated heterocycles. The van der Waals surface area contributed by atoms with Crippen LogP contribution in [0.25, 0.3) is 0 Å². The van der Waals surface area contributed by atoms with Gasteiger partial charge in [-0.15, -0.1) is 0 Å². The maximum Gasteiger partial charge on any atom is 0.264 e. The van der Waals surface area contributed by atoms with Crippen LogP contribution in [-0.2, 0) is 32.6 Å². The van der Waals surface area contributed by atoms with Crippen LogP contribution >= 0.6 is 11.6 Å². The highest BCUT2D eigenvalue weighted by Gasteiger charge is 2.36. The highest BCUT2D eigenvalue weighted by atomic mass is 35.5.